The van der Waals surface area contributed by atoms with Crippen LogP contribution >= 0.6 is 0 Å². The predicted octanol–water partition coefficient (Wildman–Crippen LogP) is 5.30. The number of urea groups is 1. The summed E-state index contributed by atoms with van der Waals surface area (Å²) in [5, 5.41) is 4.90. The average molecular weight is 511 g/mol. The molecule has 194 valence electrons. The highest BCUT2D eigenvalue weighted by Gasteiger charge is 2.17. The van der Waals surface area contributed by atoms with E-state index in [2.05, 4.69) is 15.6 Å². The van der Waals surface area contributed by atoms with Crippen LogP contribution in [0.2, 0.25) is 0 Å². The van der Waals surface area contributed by atoms with Crippen LogP contribution in [-0.4, -0.2) is 19.0 Å². The SMILES string of the molecule is CNC(=O)NC(N)=Nc1cc(OCc2ccccc2)c(OCc2ccccc2)c(OCc2ccccc2)c1. The molecular formula is C30H30N4O4. The maximum Gasteiger partial charge on any atom is 0.321 e. The van der Waals surface area contributed by atoms with Gasteiger partial charge in [-0.2, -0.15) is 0 Å². The Morgan fingerprint density at radius 1 is 0.711 bits per heavy atom. The number of nitrogens with one attached hydrogen (secondary N) is 2. The Hall–Kier alpha value is -4.98. The number of carbonyl (C=O) groups is 1. The summed E-state index contributed by atoms with van der Waals surface area (Å²) >= 11 is 0. The molecule has 0 aliphatic heterocycles. The van der Waals surface area contributed by atoms with Gasteiger partial charge in [-0.15, -0.1) is 0 Å². The van der Waals surface area contributed by atoms with E-state index < -0.39 is 6.03 Å². The van der Waals surface area contributed by atoms with Gasteiger partial charge in [0.2, 0.25) is 11.7 Å². The first kappa shape index (κ1) is 26.1. The molecule has 0 spiro atoms. The molecule has 0 saturated heterocycles. The van der Waals surface area contributed by atoms with Gasteiger partial charge < -0.3 is 25.3 Å². The summed E-state index contributed by atoms with van der Waals surface area (Å²) in [6.45, 7) is 0.923. The first-order valence-electron chi connectivity index (χ1n) is 12.1. The van der Waals surface area contributed by atoms with E-state index in [0.717, 1.165) is 16.7 Å². The third-order valence-electron chi connectivity index (χ3n) is 5.42. The third-order valence-corrected chi connectivity index (χ3v) is 5.42. The molecule has 0 fully saturated rings. The lowest BCUT2D eigenvalue weighted by molar-refractivity contribution is 0.230. The fourth-order valence-corrected chi connectivity index (χ4v) is 3.53. The lowest BCUT2D eigenvalue weighted by Crippen LogP contribution is -2.41. The number of benzene rings is 4. The number of guanidine groups is 1. The zero-order chi connectivity index (χ0) is 26.6. The van der Waals surface area contributed by atoms with Crippen molar-refractivity contribution in [2.75, 3.05) is 7.05 Å². The van der Waals surface area contributed by atoms with Gasteiger partial charge in [-0.3, -0.25) is 5.32 Å². The molecule has 0 atom stereocenters. The first-order chi connectivity index (χ1) is 18.6. The first-order valence-corrected chi connectivity index (χ1v) is 12.1. The highest BCUT2D eigenvalue weighted by Crippen LogP contribution is 2.42. The standard InChI is InChI=1S/C30H30N4O4/c1-32-30(35)34-29(31)33-25-17-26(36-19-22-11-5-2-6-12-22)28(38-21-24-15-9-4-10-16-24)27(18-25)37-20-23-13-7-3-8-14-23/h2-18H,19-21H2,1H3,(H4,31,32,33,34,35). The number of carbonyl (C=O) groups excluding carboxylic acids is 1. The molecule has 4 N–H and O–H groups in total. The second-order valence-corrected chi connectivity index (χ2v) is 8.30. The maximum atomic E-state index is 11.7. The number of amides is 2. The predicted molar refractivity (Wildman–Crippen MR) is 148 cm³/mol. The van der Waals surface area contributed by atoms with E-state index in [-0.39, 0.29) is 5.96 Å². The molecular weight excluding hydrogens is 480 g/mol. The van der Waals surface area contributed by atoms with Gasteiger partial charge in [0.1, 0.15) is 19.8 Å². The van der Waals surface area contributed by atoms with Gasteiger partial charge in [0.25, 0.3) is 0 Å². The van der Waals surface area contributed by atoms with Gasteiger partial charge >= 0.3 is 6.03 Å². The van der Waals surface area contributed by atoms with Crippen LogP contribution in [0.25, 0.3) is 0 Å². The summed E-state index contributed by atoms with van der Waals surface area (Å²) in [7, 11) is 1.49. The van der Waals surface area contributed by atoms with Crippen LogP contribution in [0.5, 0.6) is 17.2 Å². The van der Waals surface area contributed by atoms with Crippen LogP contribution in [0.3, 0.4) is 0 Å². The van der Waals surface area contributed by atoms with Crippen LogP contribution in [-0.2, 0) is 19.8 Å². The van der Waals surface area contributed by atoms with Crippen molar-refractivity contribution >= 4 is 17.7 Å². The van der Waals surface area contributed by atoms with Crippen molar-refractivity contribution in [3.63, 3.8) is 0 Å². The average Bonchev–Trinajstić information content (AvgIpc) is 2.95. The molecule has 0 unspecified atom stereocenters. The molecule has 38 heavy (non-hydrogen) atoms. The Bertz CT molecular complexity index is 1280. The molecule has 0 heterocycles. The van der Waals surface area contributed by atoms with Crippen molar-refractivity contribution in [1.82, 2.24) is 10.6 Å². The van der Waals surface area contributed by atoms with Crippen molar-refractivity contribution < 1.29 is 19.0 Å². The minimum absolute atomic E-state index is 0.0784. The van der Waals surface area contributed by atoms with E-state index in [4.69, 9.17) is 19.9 Å². The molecule has 2 amide bonds. The van der Waals surface area contributed by atoms with Gasteiger partial charge in [-0.1, -0.05) is 91.0 Å². The maximum absolute atomic E-state index is 11.7. The number of hydrogen-bond donors (Lipinski definition) is 3. The summed E-state index contributed by atoms with van der Waals surface area (Å²) < 4.78 is 18.7. The van der Waals surface area contributed by atoms with E-state index in [0.29, 0.717) is 42.8 Å². The van der Waals surface area contributed by atoms with E-state index in [9.17, 15) is 4.79 Å². The highest BCUT2D eigenvalue weighted by atomic mass is 16.5. The monoisotopic (exact) mass is 510 g/mol. The smallest absolute Gasteiger partial charge is 0.321 e. The van der Waals surface area contributed by atoms with E-state index in [1.807, 2.05) is 91.0 Å². The van der Waals surface area contributed by atoms with Crippen LogP contribution in [0.15, 0.2) is 108 Å². The molecule has 0 radical (unpaired) electrons. The van der Waals surface area contributed by atoms with Gasteiger partial charge in [0, 0.05) is 19.2 Å². The molecule has 8 nitrogen and oxygen atoms in total. The van der Waals surface area contributed by atoms with Gasteiger partial charge in [-0.05, 0) is 16.7 Å². The number of ether oxygens (including phenoxy) is 3. The Morgan fingerprint density at radius 2 is 1.13 bits per heavy atom. The summed E-state index contributed by atoms with van der Waals surface area (Å²) in [5.74, 6) is 1.23. The number of aliphatic imine (C=N–C) groups is 1. The molecule has 8 heteroatoms. The Balaban J connectivity index is 1.70. The summed E-state index contributed by atoms with van der Waals surface area (Å²) in [6, 6.07) is 32.4. The Morgan fingerprint density at radius 3 is 1.55 bits per heavy atom. The van der Waals surface area contributed by atoms with Crippen LogP contribution in [0.1, 0.15) is 16.7 Å². The molecule has 0 aliphatic carbocycles. The van der Waals surface area contributed by atoms with Crippen LogP contribution in [0.4, 0.5) is 10.5 Å². The third kappa shape index (κ3) is 7.76. The number of nitrogens with two attached hydrogens (primary N) is 1. The molecule has 4 aromatic carbocycles. The fraction of sp³-hybridized carbons (Fsp3) is 0.133. The van der Waals surface area contributed by atoms with Gasteiger partial charge in [0.05, 0.1) is 5.69 Å². The van der Waals surface area contributed by atoms with E-state index in [1.54, 1.807) is 12.1 Å². The topological polar surface area (TPSA) is 107 Å². The minimum Gasteiger partial charge on any atom is -0.485 e. The normalized spacial score (nSPS) is 10.9. The zero-order valence-electron chi connectivity index (χ0n) is 21.1. The van der Waals surface area contributed by atoms with Crippen molar-refractivity contribution in [3.05, 3.63) is 120 Å². The molecule has 0 saturated carbocycles. The fourth-order valence-electron chi connectivity index (χ4n) is 3.53. The van der Waals surface area contributed by atoms with Gasteiger partial charge in [0.15, 0.2) is 11.5 Å². The molecule has 0 aromatic heterocycles. The second-order valence-electron chi connectivity index (χ2n) is 8.30. The quantitative estimate of drug-likeness (QED) is 0.198. The molecule has 0 aliphatic rings. The van der Waals surface area contributed by atoms with Crippen molar-refractivity contribution in [1.29, 1.82) is 0 Å². The number of rotatable bonds is 10. The Kier molecular flexibility index (Phi) is 9.18. The number of hydrogen-bond acceptors (Lipinski definition) is 5. The van der Waals surface area contributed by atoms with Crippen LogP contribution < -0.4 is 30.6 Å². The molecule has 4 aromatic rings. The van der Waals surface area contributed by atoms with Crippen LogP contribution in [0, 0.1) is 0 Å². The van der Waals surface area contributed by atoms with Crippen molar-refractivity contribution in [3.8, 4) is 17.2 Å². The molecule has 4 rings (SSSR count). The lowest BCUT2D eigenvalue weighted by Gasteiger charge is -2.18. The lowest BCUT2D eigenvalue weighted by atomic mass is 10.2. The number of nitrogens with zero attached hydrogens (tertiary/aromatic N) is 1. The summed E-state index contributed by atoms with van der Waals surface area (Å²) in [5.41, 5.74) is 9.35. The van der Waals surface area contributed by atoms with Gasteiger partial charge in [-0.25, -0.2) is 9.79 Å². The van der Waals surface area contributed by atoms with E-state index in [1.165, 1.54) is 7.05 Å². The summed E-state index contributed by atoms with van der Waals surface area (Å²) in [6.07, 6.45) is 0. The highest BCUT2D eigenvalue weighted by molar-refractivity contribution is 5.96. The largest absolute Gasteiger partial charge is 0.485 e. The van der Waals surface area contributed by atoms with E-state index >= 15 is 0 Å². The zero-order valence-corrected chi connectivity index (χ0v) is 21.1. The van der Waals surface area contributed by atoms with Crippen molar-refractivity contribution in [2.24, 2.45) is 10.7 Å². The second kappa shape index (κ2) is 13.4. The molecule has 0 bridgehead atoms. The Labute approximate surface area is 222 Å². The summed E-state index contributed by atoms with van der Waals surface area (Å²) in [4.78, 5) is 16.0. The van der Waals surface area contributed by atoms with Crippen molar-refractivity contribution in [2.45, 2.75) is 19.8 Å². The minimum atomic E-state index is -0.477.